The van der Waals surface area contributed by atoms with Crippen molar-refractivity contribution in [1.29, 1.82) is 0 Å². The standard InChI is InChI=1S/C28H27F6N2O/c1-2-18-16-36(15-17-11-20(27(29,30)31)14-21(12-17)28(32,33)34)10-8-19(18)13-25(36)26(37)23-7-9-35-24-6-4-3-5-22(23)24/h2-7,9,11-12,14,18-19,25-26,37H,1,8,10,13,15-16H2/q+1/t18-,19?,25?,26?,36?/m0/s1. The highest BCUT2D eigenvalue weighted by Gasteiger charge is 2.54. The highest BCUT2D eigenvalue weighted by Crippen LogP contribution is 2.48. The number of nitrogens with zero attached hydrogens (tertiary/aromatic N) is 2. The number of alkyl halides is 6. The molecule has 9 heteroatoms. The van der Waals surface area contributed by atoms with Gasteiger partial charge in [-0.05, 0) is 41.8 Å². The second-order valence-electron chi connectivity index (χ2n) is 10.3. The van der Waals surface area contributed by atoms with E-state index in [2.05, 4.69) is 11.6 Å². The van der Waals surface area contributed by atoms with Crippen molar-refractivity contribution in [3.05, 3.63) is 89.6 Å². The third kappa shape index (κ3) is 4.75. The van der Waals surface area contributed by atoms with Gasteiger partial charge in [-0.3, -0.25) is 4.98 Å². The number of pyridine rings is 1. The highest BCUT2D eigenvalue weighted by atomic mass is 19.4. The lowest BCUT2D eigenvalue weighted by atomic mass is 9.71. The van der Waals surface area contributed by atoms with E-state index >= 15 is 0 Å². The van der Waals surface area contributed by atoms with Crippen molar-refractivity contribution in [3.63, 3.8) is 0 Å². The Labute approximate surface area is 210 Å². The fourth-order valence-electron chi connectivity index (χ4n) is 6.44. The normalized spacial score (nSPS) is 26.8. The summed E-state index contributed by atoms with van der Waals surface area (Å²) in [5.74, 6) is 0.316. The summed E-state index contributed by atoms with van der Waals surface area (Å²) in [5, 5.41) is 12.5. The van der Waals surface area contributed by atoms with Gasteiger partial charge in [-0.15, -0.1) is 6.58 Å². The van der Waals surface area contributed by atoms with Crippen LogP contribution in [0.4, 0.5) is 26.3 Å². The molecule has 0 radical (unpaired) electrons. The Kier molecular flexibility index (Phi) is 6.35. The van der Waals surface area contributed by atoms with Crippen LogP contribution in [-0.4, -0.2) is 33.7 Å². The lowest BCUT2D eigenvalue weighted by Gasteiger charge is -2.58. The third-order valence-corrected chi connectivity index (χ3v) is 8.19. The predicted octanol–water partition coefficient (Wildman–Crippen LogP) is 6.92. The Bertz CT molecular complexity index is 1280. The molecule has 0 amide bonds. The summed E-state index contributed by atoms with van der Waals surface area (Å²) in [7, 11) is 0. The van der Waals surface area contributed by atoms with E-state index < -0.39 is 35.6 Å². The predicted molar refractivity (Wildman–Crippen MR) is 127 cm³/mol. The zero-order chi connectivity index (χ0) is 26.6. The zero-order valence-electron chi connectivity index (χ0n) is 19.9. The number of para-hydroxylation sites is 1. The summed E-state index contributed by atoms with van der Waals surface area (Å²) in [6, 6.07) is 10.5. The average Bonchev–Trinajstić information content (AvgIpc) is 2.86. The first-order valence-corrected chi connectivity index (χ1v) is 12.2. The van der Waals surface area contributed by atoms with Crippen LogP contribution in [0.1, 0.15) is 41.2 Å². The molecule has 3 aliphatic rings. The molecule has 3 aliphatic heterocycles. The Balaban J connectivity index is 1.59. The van der Waals surface area contributed by atoms with Gasteiger partial charge in [0, 0.05) is 35.9 Å². The molecule has 1 aromatic heterocycles. The van der Waals surface area contributed by atoms with Gasteiger partial charge in [0.15, 0.2) is 0 Å². The van der Waals surface area contributed by atoms with E-state index in [0.29, 0.717) is 30.6 Å². The SMILES string of the molecule is C=C[C@H]1C[N+]2(Cc3cc(C(F)(F)F)cc(C(F)(F)F)c3)CCC1CC2C(O)c1ccnc2ccccc12. The lowest BCUT2D eigenvalue weighted by molar-refractivity contribution is -0.984. The number of rotatable bonds is 5. The van der Waals surface area contributed by atoms with Crippen molar-refractivity contribution >= 4 is 10.9 Å². The van der Waals surface area contributed by atoms with Gasteiger partial charge in [-0.25, -0.2) is 0 Å². The second kappa shape index (κ2) is 9.13. The fraction of sp³-hybridized carbons (Fsp3) is 0.393. The Hall–Kier alpha value is -2.91. The van der Waals surface area contributed by atoms with E-state index in [0.717, 1.165) is 23.9 Å². The first-order valence-electron chi connectivity index (χ1n) is 12.2. The second-order valence-corrected chi connectivity index (χ2v) is 10.3. The van der Waals surface area contributed by atoms with Gasteiger partial charge in [0.2, 0.25) is 0 Å². The molecule has 3 fully saturated rings. The summed E-state index contributed by atoms with van der Waals surface area (Å²) in [5.41, 5.74) is -1.31. The van der Waals surface area contributed by atoms with Crippen LogP contribution in [0, 0.1) is 11.8 Å². The van der Waals surface area contributed by atoms with E-state index in [-0.39, 0.29) is 34.5 Å². The van der Waals surface area contributed by atoms with Crippen LogP contribution < -0.4 is 0 Å². The summed E-state index contributed by atoms with van der Waals surface area (Å²) in [4.78, 5) is 4.35. The number of aromatic nitrogens is 1. The van der Waals surface area contributed by atoms with Crippen molar-refractivity contribution in [2.24, 2.45) is 11.8 Å². The maximum absolute atomic E-state index is 13.6. The molecule has 5 atom stereocenters. The number of hydrogen-bond acceptors (Lipinski definition) is 2. The smallest absolute Gasteiger partial charge is 0.382 e. The molecule has 1 N–H and O–H groups in total. The molecular weight excluding hydrogens is 494 g/mol. The first-order chi connectivity index (χ1) is 17.4. The van der Waals surface area contributed by atoms with E-state index in [4.69, 9.17) is 0 Å². The molecule has 0 saturated carbocycles. The molecule has 4 heterocycles. The van der Waals surface area contributed by atoms with E-state index in [9.17, 15) is 31.4 Å². The molecule has 4 unspecified atom stereocenters. The monoisotopic (exact) mass is 521 g/mol. The number of aliphatic hydroxyl groups excluding tert-OH is 1. The van der Waals surface area contributed by atoms with Gasteiger partial charge in [0.25, 0.3) is 0 Å². The van der Waals surface area contributed by atoms with Crippen LogP contribution in [0.2, 0.25) is 0 Å². The van der Waals surface area contributed by atoms with Crippen LogP contribution in [0.15, 0.2) is 67.4 Å². The number of piperidine rings is 3. The molecule has 2 aromatic carbocycles. The van der Waals surface area contributed by atoms with Crippen molar-refractivity contribution in [1.82, 2.24) is 4.98 Å². The minimum absolute atomic E-state index is 0.0397. The van der Waals surface area contributed by atoms with Gasteiger partial charge in [-0.1, -0.05) is 24.3 Å². The Morgan fingerprint density at radius 3 is 2.35 bits per heavy atom. The lowest BCUT2D eigenvalue weighted by Crippen LogP contribution is -2.67. The zero-order valence-corrected chi connectivity index (χ0v) is 19.9. The van der Waals surface area contributed by atoms with Crippen molar-refractivity contribution in [2.75, 3.05) is 13.1 Å². The van der Waals surface area contributed by atoms with Crippen molar-refractivity contribution in [2.45, 2.75) is 43.9 Å². The third-order valence-electron chi connectivity index (χ3n) is 8.19. The summed E-state index contributed by atoms with van der Waals surface area (Å²) in [6.45, 7) is 4.93. The topological polar surface area (TPSA) is 33.1 Å². The summed E-state index contributed by atoms with van der Waals surface area (Å²) >= 11 is 0. The van der Waals surface area contributed by atoms with Crippen molar-refractivity contribution in [3.8, 4) is 0 Å². The molecule has 37 heavy (non-hydrogen) atoms. The average molecular weight is 522 g/mol. The molecule has 6 rings (SSSR count). The maximum Gasteiger partial charge on any atom is 0.416 e. The van der Waals surface area contributed by atoms with Gasteiger partial charge >= 0.3 is 12.4 Å². The molecule has 3 aromatic rings. The van der Waals surface area contributed by atoms with Crippen LogP contribution in [-0.2, 0) is 18.9 Å². The van der Waals surface area contributed by atoms with E-state index in [1.807, 2.05) is 30.3 Å². The molecule has 196 valence electrons. The minimum Gasteiger partial charge on any atom is -0.382 e. The van der Waals surface area contributed by atoms with Gasteiger partial charge in [0.1, 0.15) is 18.7 Å². The molecule has 2 bridgehead atoms. The molecule has 3 nitrogen and oxygen atoms in total. The maximum atomic E-state index is 13.6. The highest BCUT2D eigenvalue weighted by molar-refractivity contribution is 5.82. The number of hydrogen-bond donors (Lipinski definition) is 1. The summed E-state index contributed by atoms with van der Waals surface area (Å²) < 4.78 is 81.6. The van der Waals surface area contributed by atoms with Crippen LogP contribution in [0.25, 0.3) is 10.9 Å². The first kappa shape index (κ1) is 25.7. The molecular formula is C28H27F6N2O+. The van der Waals surface area contributed by atoms with Crippen molar-refractivity contribution < 1.29 is 35.9 Å². The van der Waals surface area contributed by atoms with Gasteiger partial charge in [0.05, 0.1) is 29.7 Å². The van der Waals surface area contributed by atoms with E-state index in [1.54, 1.807) is 12.3 Å². The quantitative estimate of drug-likeness (QED) is 0.225. The number of halogens is 6. The Morgan fingerprint density at radius 2 is 1.70 bits per heavy atom. The van der Waals surface area contributed by atoms with Gasteiger partial charge < -0.3 is 9.59 Å². The number of aliphatic hydroxyl groups is 1. The number of benzene rings is 2. The molecule has 3 saturated heterocycles. The largest absolute Gasteiger partial charge is 0.416 e. The molecule has 0 spiro atoms. The number of quaternary nitrogens is 1. The fourth-order valence-corrected chi connectivity index (χ4v) is 6.44. The summed E-state index contributed by atoms with van der Waals surface area (Å²) in [6.07, 6.45) is -5.99. The minimum atomic E-state index is -4.91. The molecule has 0 aliphatic carbocycles. The Morgan fingerprint density at radius 1 is 1.03 bits per heavy atom. The number of fused-ring (bicyclic) bond motifs is 4. The van der Waals surface area contributed by atoms with Crippen LogP contribution in [0.5, 0.6) is 0 Å². The van der Waals surface area contributed by atoms with Crippen LogP contribution >= 0.6 is 0 Å². The van der Waals surface area contributed by atoms with Crippen LogP contribution in [0.3, 0.4) is 0 Å². The van der Waals surface area contributed by atoms with E-state index in [1.165, 1.54) is 0 Å². The van der Waals surface area contributed by atoms with Gasteiger partial charge in [-0.2, -0.15) is 26.3 Å².